The molecule has 0 aromatic rings. The van der Waals surface area contributed by atoms with E-state index in [9.17, 15) is 4.79 Å². The predicted octanol–water partition coefficient (Wildman–Crippen LogP) is 1.28. The highest BCUT2D eigenvalue weighted by molar-refractivity contribution is 5.78. The Bertz CT molecular complexity index is 263. The summed E-state index contributed by atoms with van der Waals surface area (Å²) < 4.78 is 0. The number of nitrogens with zero attached hydrogens (tertiary/aromatic N) is 1. The maximum absolute atomic E-state index is 12.2. The van der Waals surface area contributed by atoms with Crippen molar-refractivity contribution in [2.75, 3.05) is 19.7 Å². The van der Waals surface area contributed by atoms with E-state index >= 15 is 0 Å². The molecular formula is C14H26N2O2. The quantitative estimate of drug-likeness (QED) is 0.777. The van der Waals surface area contributed by atoms with Gasteiger partial charge in [0, 0.05) is 25.2 Å². The maximum Gasteiger partial charge on any atom is 0.236 e. The number of hydrogen-bond acceptors (Lipinski definition) is 3. The smallest absolute Gasteiger partial charge is 0.236 e. The zero-order valence-corrected chi connectivity index (χ0v) is 11.2. The van der Waals surface area contributed by atoms with Crippen molar-refractivity contribution < 1.29 is 9.90 Å². The minimum atomic E-state index is 0.185. The summed E-state index contributed by atoms with van der Waals surface area (Å²) in [6.45, 7) is 1.53. The fourth-order valence-electron chi connectivity index (χ4n) is 3.24. The van der Waals surface area contributed by atoms with Crippen LogP contribution in [-0.2, 0) is 4.79 Å². The zero-order chi connectivity index (χ0) is 12.8. The normalized spacial score (nSPS) is 25.6. The second kappa shape index (κ2) is 7.10. The lowest BCUT2D eigenvalue weighted by molar-refractivity contribution is -0.134. The van der Waals surface area contributed by atoms with E-state index in [0.29, 0.717) is 12.6 Å². The molecule has 1 unspecified atom stereocenters. The van der Waals surface area contributed by atoms with Gasteiger partial charge in [0.25, 0.3) is 0 Å². The van der Waals surface area contributed by atoms with Crippen LogP contribution in [0.2, 0.25) is 0 Å². The zero-order valence-electron chi connectivity index (χ0n) is 11.2. The van der Waals surface area contributed by atoms with Crippen molar-refractivity contribution >= 4 is 5.91 Å². The first kappa shape index (κ1) is 13.8. The molecule has 0 aromatic heterocycles. The van der Waals surface area contributed by atoms with Crippen LogP contribution in [0.4, 0.5) is 0 Å². The van der Waals surface area contributed by atoms with Crippen LogP contribution >= 0.6 is 0 Å². The van der Waals surface area contributed by atoms with Gasteiger partial charge in [0.15, 0.2) is 0 Å². The predicted molar refractivity (Wildman–Crippen MR) is 71.3 cm³/mol. The first-order valence-electron chi connectivity index (χ1n) is 7.45. The summed E-state index contributed by atoms with van der Waals surface area (Å²) in [7, 11) is 0. The second-order valence-electron chi connectivity index (χ2n) is 5.61. The van der Waals surface area contributed by atoms with Gasteiger partial charge in [-0.2, -0.15) is 0 Å². The van der Waals surface area contributed by atoms with Crippen molar-refractivity contribution in [3.05, 3.63) is 0 Å². The van der Waals surface area contributed by atoms with E-state index < -0.39 is 0 Å². The average molecular weight is 254 g/mol. The summed E-state index contributed by atoms with van der Waals surface area (Å²) in [6, 6.07) is 0.816. The van der Waals surface area contributed by atoms with E-state index in [1.54, 1.807) is 0 Å². The molecule has 1 atom stereocenters. The van der Waals surface area contributed by atoms with Crippen molar-refractivity contribution in [3.63, 3.8) is 0 Å². The summed E-state index contributed by atoms with van der Waals surface area (Å²) in [5, 5.41) is 12.5. The number of piperidine rings is 1. The summed E-state index contributed by atoms with van der Waals surface area (Å²) in [6.07, 6.45) is 9.10. The fraction of sp³-hybridized carbons (Fsp3) is 0.929. The summed E-state index contributed by atoms with van der Waals surface area (Å²) >= 11 is 0. The van der Waals surface area contributed by atoms with Crippen LogP contribution in [0.1, 0.15) is 51.4 Å². The molecule has 1 aliphatic heterocycles. The Balaban J connectivity index is 1.77. The number of carbonyl (C=O) groups is 1. The van der Waals surface area contributed by atoms with Gasteiger partial charge < -0.3 is 15.3 Å². The van der Waals surface area contributed by atoms with Crippen molar-refractivity contribution in [2.45, 2.75) is 63.5 Å². The fourth-order valence-corrected chi connectivity index (χ4v) is 3.24. The van der Waals surface area contributed by atoms with Gasteiger partial charge in [-0.3, -0.25) is 4.79 Å². The molecule has 4 heteroatoms. The van der Waals surface area contributed by atoms with E-state index in [0.717, 1.165) is 25.8 Å². The van der Waals surface area contributed by atoms with E-state index in [2.05, 4.69) is 5.32 Å². The topological polar surface area (TPSA) is 52.6 Å². The SMILES string of the molecule is O=C(CNC1CCCC1)N1CCCCC1CCO. The molecule has 0 bridgehead atoms. The number of rotatable bonds is 5. The Hall–Kier alpha value is -0.610. The highest BCUT2D eigenvalue weighted by Gasteiger charge is 2.26. The first-order chi connectivity index (χ1) is 8.81. The lowest BCUT2D eigenvalue weighted by atomic mass is 9.99. The van der Waals surface area contributed by atoms with Gasteiger partial charge in [0.1, 0.15) is 0 Å². The molecular weight excluding hydrogens is 228 g/mol. The number of carbonyl (C=O) groups excluding carboxylic acids is 1. The van der Waals surface area contributed by atoms with E-state index in [1.807, 2.05) is 4.90 Å². The van der Waals surface area contributed by atoms with Crippen LogP contribution in [0, 0.1) is 0 Å². The van der Waals surface area contributed by atoms with Crippen LogP contribution in [0.3, 0.4) is 0 Å². The monoisotopic (exact) mass is 254 g/mol. The van der Waals surface area contributed by atoms with Gasteiger partial charge in [-0.25, -0.2) is 0 Å². The summed E-state index contributed by atoms with van der Waals surface area (Å²) in [5.41, 5.74) is 0. The van der Waals surface area contributed by atoms with Crippen molar-refractivity contribution in [1.29, 1.82) is 0 Å². The minimum Gasteiger partial charge on any atom is -0.396 e. The third-order valence-corrected chi connectivity index (χ3v) is 4.31. The molecule has 1 aliphatic carbocycles. The molecule has 0 radical (unpaired) electrons. The molecule has 2 rings (SSSR count). The molecule has 2 N–H and O–H groups in total. The Kier molecular flexibility index (Phi) is 5.45. The summed E-state index contributed by atoms with van der Waals surface area (Å²) in [4.78, 5) is 14.2. The Morgan fingerprint density at radius 2 is 1.89 bits per heavy atom. The molecule has 0 spiro atoms. The van der Waals surface area contributed by atoms with Gasteiger partial charge >= 0.3 is 0 Å². The lowest BCUT2D eigenvalue weighted by Gasteiger charge is -2.36. The van der Waals surface area contributed by atoms with Crippen LogP contribution in [0.5, 0.6) is 0 Å². The minimum absolute atomic E-state index is 0.185. The molecule has 0 aromatic carbocycles. The molecule has 2 aliphatic rings. The second-order valence-corrected chi connectivity index (χ2v) is 5.61. The highest BCUT2D eigenvalue weighted by atomic mass is 16.3. The maximum atomic E-state index is 12.2. The Morgan fingerprint density at radius 3 is 2.61 bits per heavy atom. The van der Waals surface area contributed by atoms with Crippen LogP contribution < -0.4 is 5.32 Å². The number of likely N-dealkylation sites (tertiary alicyclic amines) is 1. The van der Waals surface area contributed by atoms with E-state index in [1.165, 1.54) is 32.1 Å². The van der Waals surface area contributed by atoms with Gasteiger partial charge in [-0.15, -0.1) is 0 Å². The van der Waals surface area contributed by atoms with Crippen LogP contribution in [0.15, 0.2) is 0 Å². The van der Waals surface area contributed by atoms with Gasteiger partial charge in [-0.1, -0.05) is 12.8 Å². The van der Waals surface area contributed by atoms with E-state index in [4.69, 9.17) is 5.11 Å². The number of hydrogen-bond donors (Lipinski definition) is 2. The number of nitrogens with one attached hydrogen (secondary N) is 1. The first-order valence-corrected chi connectivity index (χ1v) is 7.45. The summed E-state index contributed by atoms with van der Waals surface area (Å²) in [5.74, 6) is 0.222. The number of amides is 1. The Labute approximate surface area is 110 Å². The highest BCUT2D eigenvalue weighted by Crippen LogP contribution is 2.20. The van der Waals surface area contributed by atoms with Crippen LogP contribution in [-0.4, -0.2) is 47.7 Å². The van der Waals surface area contributed by atoms with Gasteiger partial charge in [0.05, 0.1) is 6.54 Å². The third kappa shape index (κ3) is 3.69. The number of aliphatic hydroxyl groups is 1. The molecule has 4 nitrogen and oxygen atoms in total. The van der Waals surface area contributed by atoms with Crippen LogP contribution in [0.25, 0.3) is 0 Å². The molecule has 1 saturated heterocycles. The molecule has 18 heavy (non-hydrogen) atoms. The number of aliphatic hydroxyl groups excluding tert-OH is 1. The average Bonchev–Trinajstić information content (AvgIpc) is 2.90. The molecule has 1 saturated carbocycles. The molecule has 1 amide bonds. The standard InChI is InChI=1S/C14H26N2O2/c17-10-8-13-7-3-4-9-16(13)14(18)11-15-12-5-1-2-6-12/h12-13,15,17H,1-11H2. The molecule has 1 heterocycles. The van der Waals surface area contributed by atoms with Crippen molar-refractivity contribution in [1.82, 2.24) is 10.2 Å². The van der Waals surface area contributed by atoms with Crippen molar-refractivity contribution in [2.24, 2.45) is 0 Å². The molecule has 2 fully saturated rings. The lowest BCUT2D eigenvalue weighted by Crippen LogP contribution is -2.48. The molecule has 104 valence electrons. The van der Waals surface area contributed by atoms with E-state index in [-0.39, 0.29) is 18.6 Å². The van der Waals surface area contributed by atoms with Gasteiger partial charge in [0.2, 0.25) is 5.91 Å². The van der Waals surface area contributed by atoms with Crippen molar-refractivity contribution in [3.8, 4) is 0 Å². The Morgan fingerprint density at radius 1 is 1.17 bits per heavy atom. The van der Waals surface area contributed by atoms with Gasteiger partial charge in [-0.05, 0) is 38.5 Å². The largest absolute Gasteiger partial charge is 0.396 e. The third-order valence-electron chi connectivity index (χ3n) is 4.31.